The molecule has 136 valence electrons. The number of carbonyl (C=O) groups is 1. The Morgan fingerprint density at radius 3 is 2.80 bits per heavy atom. The molecule has 0 bridgehead atoms. The number of aromatic nitrogens is 1. The molecule has 1 spiro atoms. The van der Waals surface area contributed by atoms with Crippen molar-refractivity contribution >= 4 is 15.7 Å². The van der Waals surface area contributed by atoms with Gasteiger partial charge in [0.25, 0.3) is 0 Å². The second-order valence-electron chi connectivity index (χ2n) is 7.72. The second-order valence-corrected chi connectivity index (χ2v) is 10.2. The van der Waals surface area contributed by atoms with Crippen LogP contribution < -0.4 is 0 Å². The van der Waals surface area contributed by atoms with Crippen molar-refractivity contribution in [1.82, 2.24) is 9.88 Å². The first-order valence-electron chi connectivity index (χ1n) is 8.92. The first-order valence-corrected chi connectivity index (χ1v) is 10.6. The Morgan fingerprint density at radius 1 is 1.40 bits per heavy atom. The minimum atomic E-state index is -3.17. The van der Waals surface area contributed by atoms with Gasteiger partial charge in [-0.15, -0.1) is 0 Å². The molecular formula is C18H24N2O4S. The van der Waals surface area contributed by atoms with Gasteiger partial charge in [-0.25, -0.2) is 8.42 Å². The molecule has 0 N–H and O–H groups in total. The molecule has 0 aromatic carbocycles. The third kappa shape index (κ3) is 2.87. The maximum atomic E-state index is 12.6. The summed E-state index contributed by atoms with van der Waals surface area (Å²) in [5.41, 5.74) is 0.838. The molecule has 25 heavy (non-hydrogen) atoms. The summed E-state index contributed by atoms with van der Waals surface area (Å²) in [6, 6.07) is 5.64. The predicted molar refractivity (Wildman–Crippen MR) is 92.4 cm³/mol. The topological polar surface area (TPSA) is 76.6 Å². The van der Waals surface area contributed by atoms with Gasteiger partial charge < -0.3 is 9.64 Å². The van der Waals surface area contributed by atoms with Gasteiger partial charge in [-0.2, -0.15) is 0 Å². The van der Waals surface area contributed by atoms with Crippen LogP contribution in [0, 0.1) is 17.8 Å². The molecule has 1 saturated carbocycles. The van der Waals surface area contributed by atoms with Crippen molar-refractivity contribution in [3.8, 4) is 0 Å². The maximum Gasteiger partial charge on any atom is 0.226 e. The number of sulfone groups is 1. The summed E-state index contributed by atoms with van der Waals surface area (Å²) in [6.45, 7) is 3.54. The van der Waals surface area contributed by atoms with E-state index in [0.717, 1.165) is 12.1 Å². The summed E-state index contributed by atoms with van der Waals surface area (Å²) in [5.74, 6) is 0.851. The molecule has 3 atom stereocenters. The summed E-state index contributed by atoms with van der Waals surface area (Å²) in [5, 5.41) is 0. The van der Waals surface area contributed by atoms with Gasteiger partial charge in [0.1, 0.15) is 4.75 Å². The molecule has 1 amide bonds. The van der Waals surface area contributed by atoms with E-state index in [9.17, 15) is 13.2 Å². The number of pyridine rings is 1. The van der Waals surface area contributed by atoms with Crippen LogP contribution in [0.3, 0.4) is 0 Å². The van der Waals surface area contributed by atoms with Crippen LogP contribution >= 0.6 is 0 Å². The van der Waals surface area contributed by atoms with E-state index in [2.05, 4.69) is 11.9 Å². The third-order valence-electron chi connectivity index (χ3n) is 6.05. The zero-order valence-corrected chi connectivity index (χ0v) is 15.2. The Morgan fingerprint density at radius 2 is 2.16 bits per heavy atom. The van der Waals surface area contributed by atoms with Crippen molar-refractivity contribution < 1.29 is 17.9 Å². The Bertz CT molecular complexity index is 759. The molecule has 1 aliphatic carbocycles. The van der Waals surface area contributed by atoms with Crippen LogP contribution in [0.5, 0.6) is 0 Å². The van der Waals surface area contributed by atoms with E-state index < -0.39 is 14.6 Å². The summed E-state index contributed by atoms with van der Waals surface area (Å²) in [4.78, 5) is 18.3. The lowest BCUT2D eigenvalue weighted by Crippen LogP contribution is -2.69. The molecule has 0 radical (unpaired) electrons. The van der Waals surface area contributed by atoms with Crippen LogP contribution in [-0.4, -0.2) is 54.4 Å². The van der Waals surface area contributed by atoms with Gasteiger partial charge in [-0.3, -0.25) is 9.78 Å². The van der Waals surface area contributed by atoms with Crippen LogP contribution in [0.1, 0.15) is 25.5 Å². The van der Waals surface area contributed by atoms with E-state index in [1.54, 1.807) is 11.1 Å². The van der Waals surface area contributed by atoms with E-state index in [1.807, 2.05) is 18.2 Å². The van der Waals surface area contributed by atoms with Crippen molar-refractivity contribution in [2.45, 2.75) is 31.1 Å². The Hall–Kier alpha value is -1.47. The molecular weight excluding hydrogens is 340 g/mol. The molecule has 0 unspecified atom stereocenters. The van der Waals surface area contributed by atoms with Gasteiger partial charge >= 0.3 is 0 Å². The zero-order valence-electron chi connectivity index (χ0n) is 14.4. The number of carbonyl (C=O) groups excluding carboxylic acids is 1. The highest BCUT2D eigenvalue weighted by Gasteiger charge is 2.63. The molecule has 7 heteroatoms. The number of nitrogens with zero attached hydrogens (tertiary/aromatic N) is 2. The van der Waals surface area contributed by atoms with Crippen LogP contribution in [0.4, 0.5) is 0 Å². The highest BCUT2D eigenvalue weighted by molar-refractivity contribution is 7.93. The number of rotatable bonds is 5. The predicted octanol–water partition coefficient (Wildman–Crippen LogP) is 1.27. The van der Waals surface area contributed by atoms with Gasteiger partial charge in [-0.05, 0) is 30.9 Å². The van der Waals surface area contributed by atoms with Crippen molar-refractivity contribution in [2.24, 2.45) is 17.8 Å². The van der Waals surface area contributed by atoms with E-state index in [-0.39, 0.29) is 23.5 Å². The lowest BCUT2D eigenvalue weighted by Gasteiger charge is -2.50. The lowest BCUT2D eigenvalue weighted by atomic mass is 9.83. The molecule has 6 nitrogen and oxygen atoms in total. The molecule has 2 aliphatic heterocycles. The average molecular weight is 364 g/mol. The van der Waals surface area contributed by atoms with Crippen LogP contribution in [0.15, 0.2) is 24.4 Å². The van der Waals surface area contributed by atoms with Crippen molar-refractivity contribution in [2.75, 3.05) is 25.4 Å². The van der Waals surface area contributed by atoms with Crippen LogP contribution in [0.2, 0.25) is 0 Å². The fraction of sp³-hybridized carbons (Fsp3) is 0.667. The summed E-state index contributed by atoms with van der Waals surface area (Å²) >= 11 is 0. The van der Waals surface area contributed by atoms with Gasteiger partial charge in [0.05, 0.1) is 24.7 Å². The molecule has 3 fully saturated rings. The number of hydrogen-bond donors (Lipinski definition) is 0. The van der Waals surface area contributed by atoms with Gasteiger partial charge in [-0.1, -0.05) is 13.0 Å². The molecule has 2 saturated heterocycles. The smallest absolute Gasteiger partial charge is 0.226 e. The van der Waals surface area contributed by atoms with Crippen LogP contribution in [-0.2, 0) is 26.0 Å². The molecule has 1 aromatic rings. The Balaban J connectivity index is 1.38. The SMILES string of the molecule is C[C@@H]1C[C@H]1C(=O)N1CC2(C1)[C@H](COCc1ccccn1)CCS2(=O)=O. The maximum absolute atomic E-state index is 12.6. The van der Waals surface area contributed by atoms with E-state index in [1.165, 1.54) is 0 Å². The molecule has 3 aliphatic rings. The van der Waals surface area contributed by atoms with E-state index in [0.29, 0.717) is 38.6 Å². The van der Waals surface area contributed by atoms with Gasteiger partial charge in [0.2, 0.25) is 5.91 Å². The van der Waals surface area contributed by atoms with Gasteiger partial charge in [0, 0.05) is 31.1 Å². The standard InChI is InChI=1S/C18H24N2O4S/c1-13-8-16(13)17(21)20-11-18(12-20)14(5-7-25(18,22)23)9-24-10-15-4-2-3-6-19-15/h2-4,6,13-14,16H,5,7-12H2,1H3/t13-,14+,16-/m1/s1. The largest absolute Gasteiger partial charge is 0.375 e. The summed E-state index contributed by atoms with van der Waals surface area (Å²) in [6.07, 6.45) is 3.27. The highest BCUT2D eigenvalue weighted by atomic mass is 32.2. The normalized spacial score (nSPS) is 31.7. The van der Waals surface area contributed by atoms with Crippen molar-refractivity contribution in [3.63, 3.8) is 0 Å². The first kappa shape index (κ1) is 17.0. The van der Waals surface area contributed by atoms with Crippen LogP contribution in [0.25, 0.3) is 0 Å². The van der Waals surface area contributed by atoms with E-state index in [4.69, 9.17) is 4.74 Å². The molecule has 4 rings (SSSR count). The number of amides is 1. The lowest BCUT2D eigenvalue weighted by molar-refractivity contribution is -0.139. The minimum absolute atomic E-state index is 0.0399. The number of likely N-dealkylation sites (tertiary alicyclic amines) is 1. The fourth-order valence-electron chi connectivity index (χ4n) is 4.15. The quantitative estimate of drug-likeness (QED) is 0.786. The second kappa shape index (κ2) is 6.06. The van der Waals surface area contributed by atoms with Crippen molar-refractivity contribution in [3.05, 3.63) is 30.1 Å². The third-order valence-corrected chi connectivity index (χ3v) is 8.65. The zero-order chi connectivity index (χ0) is 17.7. The average Bonchev–Trinajstić information content (AvgIpc) is 3.21. The number of ether oxygens (including phenoxy) is 1. The van der Waals surface area contributed by atoms with Crippen molar-refractivity contribution in [1.29, 1.82) is 0 Å². The van der Waals surface area contributed by atoms with E-state index >= 15 is 0 Å². The summed E-state index contributed by atoms with van der Waals surface area (Å²) < 4.78 is 30.2. The first-order chi connectivity index (χ1) is 11.9. The summed E-state index contributed by atoms with van der Waals surface area (Å²) in [7, 11) is -3.17. The minimum Gasteiger partial charge on any atom is -0.375 e. The Labute approximate surface area is 148 Å². The molecule has 1 aromatic heterocycles. The Kier molecular flexibility index (Phi) is 4.11. The highest BCUT2D eigenvalue weighted by Crippen LogP contribution is 2.47. The monoisotopic (exact) mass is 364 g/mol. The number of hydrogen-bond acceptors (Lipinski definition) is 5. The van der Waals surface area contributed by atoms with Gasteiger partial charge in [0.15, 0.2) is 9.84 Å². The fourth-order valence-corrected chi connectivity index (χ4v) is 6.55. The molecule has 3 heterocycles.